The van der Waals surface area contributed by atoms with Gasteiger partial charge in [-0.2, -0.15) is 0 Å². The molecule has 3 rings (SSSR count). The molecular weight excluding hydrogens is 320 g/mol. The average molecular weight is 344 g/mol. The number of piperazine rings is 1. The predicted molar refractivity (Wildman–Crippen MR) is 92.2 cm³/mol. The van der Waals surface area contributed by atoms with Crippen LogP contribution in [0.2, 0.25) is 0 Å². The molecule has 0 unspecified atom stereocenters. The zero-order valence-electron chi connectivity index (χ0n) is 14.5. The molecule has 0 bridgehead atoms. The molecule has 6 nitrogen and oxygen atoms in total. The highest BCUT2D eigenvalue weighted by Crippen LogP contribution is 2.44. The van der Waals surface area contributed by atoms with Gasteiger partial charge in [0.15, 0.2) is 0 Å². The molecule has 25 heavy (non-hydrogen) atoms. The third-order valence-electron chi connectivity index (χ3n) is 5.47. The van der Waals surface area contributed by atoms with E-state index in [0.29, 0.717) is 44.6 Å². The van der Waals surface area contributed by atoms with Crippen molar-refractivity contribution < 1.29 is 19.5 Å². The maximum Gasteiger partial charge on any atom is 0.310 e. The maximum absolute atomic E-state index is 12.5. The topological polar surface area (TPSA) is 77.9 Å². The van der Waals surface area contributed by atoms with Crippen LogP contribution in [0.3, 0.4) is 0 Å². The number of amides is 2. The molecule has 1 aromatic rings. The first-order valence-electron chi connectivity index (χ1n) is 8.78. The first-order chi connectivity index (χ1) is 11.9. The van der Waals surface area contributed by atoms with Crippen molar-refractivity contribution in [2.75, 3.05) is 26.2 Å². The first kappa shape index (κ1) is 17.5. The van der Waals surface area contributed by atoms with Crippen LogP contribution in [0.5, 0.6) is 0 Å². The second-order valence-electron chi connectivity index (χ2n) is 7.15. The standard InChI is InChI=1S/C19H24N2O4/c1-14-3-5-15(6-4-14)17(23)21-11-9-20(10-12-21)16(22)13-19(18(24)25)7-2-8-19/h3-6H,2,7-13H2,1H3,(H,24,25). The highest BCUT2D eigenvalue weighted by molar-refractivity contribution is 5.94. The van der Waals surface area contributed by atoms with Crippen molar-refractivity contribution in [3.63, 3.8) is 0 Å². The van der Waals surface area contributed by atoms with Gasteiger partial charge in [-0.05, 0) is 31.9 Å². The van der Waals surface area contributed by atoms with Crippen LogP contribution in [-0.2, 0) is 9.59 Å². The molecule has 0 atom stereocenters. The molecule has 1 aromatic carbocycles. The van der Waals surface area contributed by atoms with Crippen molar-refractivity contribution in [1.82, 2.24) is 9.80 Å². The molecule has 1 saturated heterocycles. The molecule has 2 fully saturated rings. The minimum Gasteiger partial charge on any atom is -0.481 e. The van der Waals surface area contributed by atoms with Crippen molar-refractivity contribution in [2.45, 2.75) is 32.6 Å². The average Bonchev–Trinajstić information content (AvgIpc) is 2.58. The molecule has 0 radical (unpaired) electrons. The number of benzene rings is 1. The van der Waals surface area contributed by atoms with Crippen molar-refractivity contribution in [3.8, 4) is 0 Å². The van der Waals surface area contributed by atoms with Crippen LogP contribution in [0.25, 0.3) is 0 Å². The molecule has 1 heterocycles. The molecular formula is C19H24N2O4. The Labute approximate surface area is 147 Å². The van der Waals surface area contributed by atoms with E-state index in [1.54, 1.807) is 9.80 Å². The second kappa shape index (κ2) is 6.86. The van der Waals surface area contributed by atoms with Gasteiger partial charge < -0.3 is 14.9 Å². The summed E-state index contributed by atoms with van der Waals surface area (Å²) in [5.74, 6) is -0.988. The normalized spacial score (nSPS) is 19.2. The number of aliphatic carboxylic acids is 1. The fourth-order valence-corrected chi connectivity index (χ4v) is 3.51. The van der Waals surface area contributed by atoms with Gasteiger partial charge in [0.25, 0.3) is 5.91 Å². The van der Waals surface area contributed by atoms with E-state index in [4.69, 9.17) is 0 Å². The lowest BCUT2D eigenvalue weighted by molar-refractivity contribution is -0.159. The van der Waals surface area contributed by atoms with Gasteiger partial charge in [0.1, 0.15) is 0 Å². The summed E-state index contributed by atoms with van der Waals surface area (Å²) in [6.07, 6.45) is 2.12. The van der Waals surface area contributed by atoms with E-state index in [0.717, 1.165) is 12.0 Å². The number of carboxylic acids is 1. The molecule has 1 aliphatic carbocycles. The zero-order chi connectivity index (χ0) is 18.0. The van der Waals surface area contributed by atoms with E-state index in [1.807, 2.05) is 31.2 Å². The Hall–Kier alpha value is -2.37. The third-order valence-corrected chi connectivity index (χ3v) is 5.47. The van der Waals surface area contributed by atoms with Gasteiger partial charge in [0.2, 0.25) is 5.91 Å². The van der Waals surface area contributed by atoms with Gasteiger partial charge >= 0.3 is 5.97 Å². The lowest BCUT2D eigenvalue weighted by Crippen LogP contribution is -2.52. The van der Waals surface area contributed by atoms with Gasteiger partial charge in [-0.15, -0.1) is 0 Å². The Morgan fingerprint density at radius 2 is 1.56 bits per heavy atom. The van der Waals surface area contributed by atoms with Crippen molar-refractivity contribution >= 4 is 17.8 Å². The Bertz CT molecular complexity index is 671. The van der Waals surface area contributed by atoms with Crippen LogP contribution in [0, 0.1) is 12.3 Å². The summed E-state index contributed by atoms with van der Waals surface area (Å²) in [7, 11) is 0. The number of carbonyl (C=O) groups excluding carboxylic acids is 2. The lowest BCUT2D eigenvalue weighted by Gasteiger charge is -2.40. The SMILES string of the molecule is Cc1ccc(C(=O)N2CCN(C(=O)CC3(C(=O)O)CCC3)CC2)cc1. The molecule has 2 aliphatic rings. The van der Waals surface area contributed by atoms with Crippen LogP contribution in [0.4, 0.5) is 0 Å². The molecule has 2 amide bonds. The van der Waals surface area contributed by atoms with Gasteiger partial charge in [-0.3, -0.25) is 14.4 Å². The van der Waals surface area contributed by atoms with Gasteiger partial charge in [-0.1, -0.05) is 24.1 Å². The number of aryl methyl sites for hydroxylation is 1. The number of carbonyl (C=O) groups is 3. The van der Waals surface area contributed by atoms with E-state index >= 15 is 0 Å². The molecule has 134 valence electrons. The van der Waals surface area contributed by atoms with Crippen LogP contribution in [0.15, 0.2) is 24.3 Å². The van der Waals surface area contributed by atoms with Crippen LogP contribution in [-0.4, -0.2) is 58.9 Å². The predicted octanol–water partition coefficient (Wildman–Crippen LogP) is 1.92. The Kier molecular flexibility index (Phi) is 4.79. The highest BCUT2D eigenvalue weighted by Gasteiger charge is 2.46. The fraction of sp³-hybridized carbons (Fsp3) is 0.526. The minimum absolute atomic E-state index is 0.0203. The van der Waals surface area contributed by atoms with Crippen molar-refractivity contribution in [3.05, 3.63) is 35.4 Å². The number of carboxylic acid groups (broad SMARTS) is 1. The Morgan fingerprint density at radius 1 is 1.00 bits per heavy atom. The smallest absolute Gasteiger partial charge is 0.310 e. The largest absolute Gasteiger partial charge is 0.481 e. The number of rotatable bonds is 4. The summed E-state index contributed by atoms with van der Waals surface area (Å²) in [4.78, 5) is 39.8. The molecule has 1 saturated carbocycles. The number of hydrogen-bond donors (Lipinski definition) is 1. The van der Waals surface area contributed by atoms with Crippen molar-refractivity contribution in [2.24, 2.45) is 5.41 Å². The van der Waals surface area contributed by atoms with E-state index in [2.05, 4.69) is 0 Å². The molecule has 6 heteroatoms. The lowest BCUT2D eigenvalue weighted by atomic mass is 9.66. The van der Waals surface area contributed by atoms with E-state index in [1.165, 1.54) is 0 Å². The summed E-state index contributed by atoms with van der Waals surface area (Å²) in [5.41, 5.74) is 0.909. The third kappa shape index (κ3) is 3.52. The second-order valence-corrected chi connectivity index (χ2v) is 7.15. The quantitative estimate of drug-likeness (QED) is 0.905. The van der Waals surface area contributed by atoms with Gasteiger partial charge in [0.05, 0.1) is 5.41 Å². The van der Waals surface area contributed by atoms with Crippen LogP contribution in [0.1, 0.15) is 41.6 Å². The summed E-state index contributed by atoms with van der Waals surface area (Å²) in [6.45, 7) is 3.87. The Morgan fingerprint density at radius 3 is 2.04 bits per heavy atom. The van der Waals surface area contributed by atoms with Crippen molar-refractivity contribution in [1.29, 1.82) is 0 Å². The number of hydrogen-bond acceptors (Lipinski definition) is 3. The zero-order valence-corrected chi connectivity index (χ0v) is 14.5. The summed E-state index contributed by atoms with van der Waals surface area (Å²) >= 11 is 0. The highest BCUT2D eigenvalue weighted by atomic mass is 16.4. The molecule has 0 spiro atoms. The number of nitrogens with zero attached hydrogens (tertiary/aromatic N) is 2. The van der Waals surface area contributed by atoms with Crippen LogP contribution < -0.4 is 0 Å². The first-order valence-corrected chi connectivity index (χ1v) is 8.78. The Balaban J connectivity index is 1.54. The van der Waals surface area contributed by atoms with Crippen LogP contribution >= 0.6 is 0 Å². The van der Waals surface area contributed by atoms with Gasteiger partial charge in [-0.25, -0.2) is 0 Å². The summed E-state index contributed by atoms with van der Waals surface area (Å²) < 4.78 is 0. The van der Waals surface area contributed by atoms with E-state index < -0.39 is 11.4 Å². The monoisotopic (exact) mass is 344 g/mol. The minimum atomic E-state index is -0.861. The molecule has 0 aromatic heterocycles. The summed E-state index contributed by atoms with van der Waals surface area (Å²) in [6, 6.07) is 7.47. The molecule has 1 aliphatic heterocycles. The molecule has 1 N–H and O–H groups in total. The van der Waals surface area contributed by atoms with E-state index in [-0.39, 0.29) is 18.2 Å². The maximum atomic E-state index is 12.5. The van der Waals surface area contributed by atoms with E-state index in [9.17, 15) is 19.5 Å². The fourth-order valence-electron chi connectivity index (χ4n) is 3.51. The van der Waals surface area contributed by atoms with Gasteiger partial charge in [0, 0.05) is 38.2 Å². The summed E-state index contributed by atoms with van der Waals surface area (Å²) in [5, 5.41) is 9.37.